The second-order valence-electron chi connectivity index (χ2n) is 8.04. The maximum Gasteiger partial charge on any atom is 0.184 e. The summed E-state index contributed by atoms with van der Waals surface area (Å²) in [7, 11) is 0. The van der Waals surface area contributed by atoms with Gasteiger partial charge in [0.05, 0.1) is 22.9 Å². The highest BCUT2D eigenvalue weighted by molar-refractivity contribution is 5.67. The molecule has 1 aliphatic rings. The average molecular weight is 471 g/mol. The largest absolute Gasteiger partial charge is 0.394 e. The Kier molecular flexibility index (Phi) is 5.47. The van der Waals surface area contributed by atoms with Gasteiger partial charge in [0.1, 0.15) is 17.7 Å². The van der Waals surface area contributed by atoms with E-state index in [4.69, 9.17) is 5.73 Å². The predicted octanol–water partition coefficient (Wildman–Crippen LogP) is 3.54. The fraction of sp³-hybridized carbons (Fsp3) is 0.120. The first-order chi connectivity index (χ1) is 16.9. The van der Waals surface area contributed by atoms with Crippen molar-refractivity contribution in [3.8, 4) is 6.07 Å². The molecule has 0 aliphatic carbocycles. The van der Waals surface area contributed by atoms with Gasteiger partial charge in [-0.2, -0.15) is 10.4 Å². The average Bonchev–Trinajstić information content (AvgIpc) is 3.31. The molecular formula is C25H19F2N7O. The zero-order valence-electron chi connectivity index (χ0n) is 18.5. The molecule has 8 nitrogen and oxygen atoms in total. The van der Waals surface area contributed by atoms with Gasteiger partial charge >= 0.3 is 0 Å². The van der Waals surface area contributed by atoms with Crippen LogP contribution >= 0.6 is 0 Å². The number of rotatable bonds is 4. The Morgan fingerprint density at radius 2 is 1.89 bits per heavy atom. The molecule has 1 aliphatic heterocycles. The molecule has 0 radical (unpaired) electrons. The lowest BCUT2D eigenvalue weighted by Gasteiger charge is -2.35. The first kappa shape index (κ1) is 22.2. The van der Waals surface area contributed by atoms with E-state index in [1.807, 2.05) is 24.0 Å². The molecule has 2 unspecified atom stereocenters. The number of benzene rings is 2. The highest BCUT2D eigenvalue weighted by Crippen LogP contribution is 2.37. The van der Waals surface area contributed by atoms with Crippen LogP contribution in [0.2, 0.25) is 0 Å². The molecular weight excluding hydrogens is 452 g/mol. The Bertz CT molecular complexity index is 1490. The summed E-state index contributed by atoms with van der Waals surface area (Å²) in [6.45, 7) is 1.88. The van der Waals surface area contributed by atoms with Gasteiger partial charge in [0.25, 0.3) is 0 Å². The van der Waals surface area contributed by atoms with Crippen molar-refractivity contribution in [1.82, 2.24) is 19.7 Å². The molecule has 5 rings (SSSR count). The van der Waals surface area contributed by atoms with Gasteiger partial charge in [0, 0.05) is 29.8 Å². The van der Waals surface area contributed by atoms with Crippen LogP contribution in [0.15, 0.2) is 67.1 Å². The Hall–Kier alpha value is -4.62. The number of halogens is 2. The van der Waals surface area contributed by atoms with Gasteiger partial charge in [-0.25, -0.2) is 18.4 Å². The number of hydrogen-bond donors (Lipinski definition) is 2. The quantitative estimate of drug-likeness (QED) is 0.468. The third-order valence-corrected chi connectivity index (χ3v) is 5.81. The van der Waals surface area contributed by atoms with E-state index in [0.29, 0.717) is 11.3 Å². The summed E-state index contributed by atoms with van der Waals surface area (Å²) < 4.78 is 30.2. The van der Waals surface area contributed by atoms with Crippen molar-refractivity contribution in [1.29, 1.82) is 5.26 Å². The van der Waals surface area contributed by atoms with Crippen molar-refractivity contribution in [2.24, 2.45) is 5.73 Å². The molecule has 3 N–H and O–H groups in total. The van der Waals surface area contributed by atoms with Crippen LogP contribution in [-0.4, -0.2) is 24.9 Å². The maximum absolute atomic E-state index is 14.4. The van der Waals surface area contributed by atoms with Crippen LogP contribution in [-0.2, 0) is 0 Å². The number of nitrogens with zero attached hydrogens (tertiary/aromatic N) is 6. The van der Waals surface area contributed by atoms with Crippen LogP contribution in [0.25, 0.3) is 5.70 Å². The molecule has 0 spiro atoms. The molecule has 35 heavy (non-hydrogen) atoms. The van der Waals surface area contributed by atoms with Gasteiger partial charge in [-0.3, -0.25) is 4.98 Å². The third kappa shape index (κ3) is 3.78. The molecule has 2 aromatic heterocycles. The number of aliphatic hydroxyl groups is 1. The van der Waals surface area contributed by atoms with E-state index in [2.05, 4.69) is 21.1 Å². The van der Waals surface area contributed by atoms with Crippen LogP contribution in [0.1, 0.15) is 46.2 Å². The summed E-state index contributed by atoms with van der Waals surface area (Å²) in [5.41, 5.74) is 8.76. The van der Waals surface area contributed by atoms with Crippen LogP contribution < -0.4 is 10.6 Å². The summed E-state index contributed by atoms with van der Waals surface area (Å²) in [6.07, 6.45) is 2.60. The van der Waals surface area contributed by atoms with E-state index >= 15 is 0 Å². The lowest BCUT2D eigenvalue weighted by atomic mass is 10.1. The van der Waals surface area contributed by atoms with Gasteiger partial charge < -0.3 is 15.7 Å². The summed E-state index contributed by atoms with van der Waals surface area (Å²) in [5.74, 6) is -1.80. The minimum Gasteiger partial charge on any atom is -0.394 e. The number of anilines is 1. The summed E-state index contributed by atoms with van der Waals surface area (Å²) in [4.78, 5) is 10.3. The lowest BCUT2D eigenvalue weighted by molar-refractivity contribution is 0.198. The van der Waals surface area contributed by atoms with Crippen molar-refractivity contribution >= 4 is 11.4 Å². The van der Waals surface area contributed by atoms with Gasteiger partial charge in [-0.05, 0) is 48.9 Å². The molecule has 4 aromatic rings. The first-order valence-electron chi connectivity index (χ1n) is 10.6. The van der Waals surface area contributed by atoms with E-state index in [-0.39, 0.29) is 17.3 Å². The fourth-order valence-electron chi connectivity index (χ4n) is 4.13. The number of aromatic nitrogens is 4. The maximum atomic E-state index is 14.4. The van der Waals surface area contributed by atoms with Gasteiger partial charge in [0.2, 0.25) is 0 Å². The number of aliphatic hydroxyl groups excluding tert-OH is 1. The van der Waals surface area contributed by atoms with E-state index < -0.39 is 29.5 Å². The molecule has 0 fully saturated rings. The van der Waals surface area contributed by atoms with Gasteiger partial charge in [0.15, 0.2) is 17.8 Å². The zero-order valence-corrected chi connectivity index (χ0v) is 18.5. The molecule has 0 saturated heterocycles. The molecule has 0 saturated carbocycles. The molecule has 0 amide bonds. The van der Waals surface area contributed by atoms with Crippen LogP contribution in [0, 0.1) is 29.9 Å². The summed E-state index contributed by atoms with van der Waals surface area (Å²) >= 11 is 0. The predicted molar refractivity (Wildman–Crippen MR) is 123 cm³/mol. The van der Waals surface area contributed by atoms with Gasteiger partial charge in [-0.1, -0.05) is 12.1 Å². The normalized spacial score (nSPS) is 15.8. The Morgan fingerprint density at radius 3 is 2.60 bits per heavy atom. The Labute approximate surface area is 199 Å². The zero-order chi connectivity index (χ0) is 24.7. The number of hydrogen-bond acceptors (Lipinski definition) is 7. The Balaban J connectivity index is 1.69. The van der Waals surface area contributed by atoms with Crippen molar-refractivity contribution in [2.45, 2.75) is 19.2 Å². The first-order valence-corrected chi connectivity index (χ1v) is 10.6. The smallest absolute Gasteiger partial charge is 0.184 e. The molecule has 2 atom stereocenters. The summed E-state index contributed by atoms with van der Waals surface area (Å²) in [6, 6.07) is 14.2. The van der Waals surface area contributed by atoms with Crippen molar-refractivity contribution < 1.29 is 13.9 Å². The SMILES string of the molecule is Cc1cnccc1C1N(c2cccc(C#N)c2)C=C(N)c2nc(C(O)c3c(F)cccc3F)nn21. The van der Waals surface area contributed by atoms with Crippen LogP contribution in [0.5, 0.6) is 0 Å². The Morgan fingerprint density at radius 1 is 1.14 bits per heavy atom. The lowest BCUT2D eigenvalue weighted by Crippen LogP contribution is -2.36. The topological polar surface area (TPSA) is 117 Å². The molecule has 0 bridgehead atoms. The van der Waals surface area contributed by atoms with Crippen molar-refractivity contribution in [2.75, 3.05) is 4.90 Å². The minimum atomic E-state index is -1.75. The standard InChI is InChI=1S/C25H19F2N7O/c1-14-12-30-9-8-17(14)25-33(16-5-2-4-15(10-16)11-28)13-20(29)24-31-23(32-34(24)25)22(35)21-18(26)6-3-7-19(21)27/h2-10,12-13,22,25,35H,29H2,1H3. The van der Waals surface area contributed by atoms with Crippen LogP contribution in [0.4, 0.5) is 14.5 Å². The fourth-order valence-corrected chi connectivity index (χ4v) is 4.13. The molecule has 2 aromatic carbocycles. The highest BCUT2D eigenvalue weighted by Gasteiger charge is 2.34. The van der Waals surface area contributed by atoms with Crippen molar-refractivity contribution in [3.63, 3.8) is 0 Å². The van der Waals surface area contributed by atoms with E-state index in [0.717, 1.165) is 23.3 Å². The molecule has 3 heterocycles. The number of nitrogens with two attached hydrogens (primary N) is 1. The van der Waals surface area contributed by atoms with E-state index in [1.54, 1.807) is 36.8 Å². The second kappa shape index (κ2) is 8.62. The van der Waals surface area contributed by atoms with Gasteiger partial charge in [-0.15, -0.1) is 0 Å². The number of aryl methyl sites for hydroxylation is 1. The van der Waals surface area contributed by atoms with Crippen LogP contribution in [0.3, 0.4) is 0 Å². The molecule has 174 valence electrons. The van der Waals surface area contributed by atoms with E-state index in [9.17, 15) is 19.1 Å². The number of nitriles is 1. The highest BCUT2D eigenvalue weighted by atomic mass is 19.1. The van der Waals surface area contributed by atoms with Crippen molar-refractivity contribution in [3.05, 3.63) is 113 Å². The monoisotopic (exact) mass is 471 g/mol. The molecule has 10 heteroatoms. The third-order valence-electron chi connectivity index (χ3n) is 5.81. The minimum absolute atomic E-state index is 0.204. The number of pyridine rings is 1. The number of fused-ring (bicyclic) bond motifs is 1. The summed E-state index contributed by atoms with van der Waals surface area (Å²) in [5, 5.41) is 24.6. The second-order valence-corrected chi connectivity index (χ2v) is 8.04. The van der Waals surface area contributed by atoms with E-state index in [1.165, 1.54) is 10.7 Å².